The van der Waals surface area contributed by atoms with E-state index >= 15 is 0 Å². The van der Waals surface area contributed by atoms with Crippen molar-refractivity contribution in [2.45, 2.75) is 57.7 Å². The summed E-state index contributed by atoms with van der Waals surface area (Å²) in [5.41, 5.74) is 0. The minimum atomic E-state index is -0.417. The van der Waals surface area contributed by atoms with Crippen molar-refractivity contribution in [3.63, 3.8) is 0 Å². The molecular weight excluding hydrogens is 168 g/mol. The summed E-state index contributed by atoms with van der Waals surface area (Å²) >= 11 is 0. The van der Waals surface area contributed by atoms with Crippen molar-refractivity contribution in [2.24, 2.45) is 0 Å². The lowest BCUT2D eigenvalue weighted by Gasteiger charge is -2.20. The Labute approximate surface area is 79.4 Å². The van der Waals surface area contributed by atoms with E-state index in [-0.39, 0.29) is 12.2 Å². The van der Waals surface area contributed by atoms with Gasteiger partial charge >= 0.3 is 0 Å². The van der Waals surface area contributed by atoms with Crippen LogP contribution in [0, 0.1) is 0 Å². The van der Waals surface area contributed by atoms with Gasteiger partial charge < -0.3 is 14.2 Å². The molecular formula is C10H18O3. The molecule has 0 radical (unpaired) electrons. The zero-order valence-corrected chi connectivity index (χ0v) is 8.58. The average molecular weight is 186 g/mol. The highest BCUT2D eigenvalue weighted by atomic mass is 16.7. The topological polar surface area (TPSA) is 27.7 Å². The summed E-state index contributed by atoms with van der Waals surface area (Å²) in [6.45, 7) is 6.68. The molecule has 3 heteroatoms. The van der Waals surface area contributed by atoms with Crippen LogP contribution in [-0.2, 0) is 14.2 Å². The maximum absolute atomic E-state index is 5.73. The van der Waals surface area contributed by atoms with Crippen LogP contribution in [-0.4, -0.2) is 30.7 Å². The van der Waals surface area contributed by atoms with Crippen molar-refractivity contribution in [1.82, 2.24) is 0 Å². The van der Waals surface area contributed by atoms with Crippen LogP contribution in [0.25, 0.3) is 0 Å². The van der Waals surface area contributed by atoms with Gasteiger partial charge in [0.05, 0.1) is 18.8 Å². The molecule has 0 aliphatic carbocycles. The van der Waals surface area contributed by atoms with Crippen molar-refractivity contribution in [3.05, 3.63) is 0 Å². The van der Waals surface area contributed by atoms with Crippen molar-refractivity contribution in [1.29, 1.82) is 0 Å². The monoisotopic (exact) mass is 186 g/mol. The van der Waals surface area contributed by atoms with Crippen molar-refractivity contribution in [3.8, 4) is 0 Å². The molecule has 0 N–H and O–H groups in total. The first-order valence-corrected chi connectivity index (χ1v) is 5.04. The Balaban J connectivity index is 1.89. The fraction of sp³-hybridized carbons (Fsp3) is 1.00. The van der Waals surface area contributed by atoms with Crippen LogP contribution in [0.5, 0.6) is 0 Å². The lowest BCUT2D eigenvalue weighted by Crippen LogP contribution is -2.30. The summed E-state index contributed by atoms with van der Waals surface area (Å²) in [5, 5.41) is 0. The number of hydrogen-bond donors (Lipinski definition) is 0. The summed E-state index contributed by atoms with van der Waals surface area (Å²) in [5.74, 6) is -0.417. The van der Waals surface area contributed by atoms with E-state index in [1.165, 1.54) is 0 Å². The molecule has 3 atom stereocenters. The quantitative estimate of drug-likeness (QED) is 0.624. The van der Waals surface area contributed by atoms with Crippen LogP contribution in [0.3, 0.4) is 0 Å². The van der Waals surface area contributed by atoms with E-state index in [0.717, 1.165) is 12.8 Å². The van der Waals surface area contributed by atoms with Gasteiger partial charge in [0.2, 0.25) is 0 Å². The maximum atomic E-state index is 5.73. The summed E-state index contributed by atoms with van der Waals surface area (Å²) in [7, 11) is 0. The molecule has 0 aromatic carbocycles. The zero-order valence-electron chi connectivity index (χ0n) is 8.58. The molecule has 2 saturated heterocycles. The molecule has 2 aliphatic heterocycles. The molecule has 0 amide bonds. The van der Waals surface area contributed by atoms with Gasteiger partial charge in [-0.15, -0.1) is 0 Å². The summed E-state index contributed by atoms with van der Waals surface area (Å²) < 4.78 is 17.0. The average Bonchev–Trinajstić information content (AvgIpc) is 2.56. The van der Waals surface area contributed by atoms with Gasteiger partial charge in [0.25, 0.3) is 0 Å². The van der Waals surface area contributed by atoms with Gasteiger partial charge in [-0.25, -0.2) is 0 Å². The van der Waals surface area contributed by atoms with Crippen molar-refractivity contribution >= 4 is 0 Å². The fourth-order valence-corrected chi connectivity index (χ4v) is 2.01. The number of rotatable bonds is 1. The van der Waals surface area contributed by atoms with E-state index in [4.69, 9.17) is 14.2 Å². The van der Waals surface area contributed by atoms with Crippen LogP contribution >= 0.6 is 0 Å². The molecule has 2 rings (SSSR count). The third-order valence-corrected chi connectivity index (χ3v) is 2.71. The molecule has 3 nitrogen and oxygen atoms in total. The summed E-state index contributed by atoms with van der Waals surface area (Å²) in [4.78, 5) is 0. The van der Waals surface area contributed by atoms with E-state index in [9.17, 15) is 0 Å². The van der Waals surface area contributed by atoms with Gasteiger partial charge in [-0.2, -0.15) is 0 Å². The lowest BCUT2D eigenvalue weighted by molar-refractivity contribution is -0.154. The minimum Gasteiger partial charge on any atom is -0.372 e. The Kier molecular flexibility index (Phi) is 2.34. The predicted octanol–water partition coefficient (Wildman–Crippen LogP) is 1.71. The van der Waals surface area contributed by atoms with Gasteiger partial charge in [0, 0.05) is 0 Å². The predicted molar refractivity (Wildman–Crippen MR) is 48.5 cm³/mol. The normalized spacial score (nSPS) is 44.1. The van der Waals surface area contributed by atoms with Crippen LogP contribution in [0.1, 0.15) is 33.6 Å². The summed E-state index contributed by atoms with van der Waals surface area (Å²) in [6.07, 6.45) is 3.02. The van der Waals surface area contributed by atoms with Crippen molar-refractivity contribution < 1.29 is 14.2 Å². The van der Waals surface area contributed by atoms with Gasteiger partial charge in [-0.3, -0.25) is 0 Å². The Morgan fingerprint density at radius 2 is 1.92 bits per heavy atom. The SMILES string of the molecule is C[C@H]1CC[C@H]([C@H]2COC(C)(C)O2)O1. The fourth-order valence-electron chi connectivity index (χ4n) is 2.01. The Morgan fingerprint density at radius 1 is 1.15 bits per heavy atom. The lowest BCUT2D eigenvalue weighted by atomic mass is 10.1. The molecule has 0 unspecified atom stereocenters. The minimum absolute atomic E-state index is 0.139. The highest BCUT2D eigenvalue weighted by molar-refractivity contribution is 4.83. The molecule has 76 valence electrons. The van der Waals surface area contributed by atoms with Crippen LogP contribution < -0.4 is 0 Å². The molecule has 2 heterocycles. The Hall–Kier alpha value is -0.120. The summed E-state index contributed by atoms with van der Waals surface area (Å²) in [6, 6.07) is 0. The van der Waals surface area contributed by atoms with E-state index in [2.05, 4.69) is 6.92 Å². The number of ether oxygens (including phenoxy) is 3. The first-order chi connectivity index (χ1) is 6.07. The number of hydrogen-bond acceptors (Lipinski definition) is 3. The zero-order chi connectivity index (χ0) is 9.47. The molecule has 0 spiro atoms. The Morgan fingerprint density at radius 3 is 2.38 bits per heavy atom. The molecule has 2 fully saturated rings. The standard InChI is InChI=1S/C10H18O3/c1-7-4-5-8(12-7)9-6-11-10(2,3)13-9/h7-9H,4-6H2,1-3H3/t7-,8+,9+/m0/s1. The molecule has 0 aromatic rings. The van der Waals surface area contributed by atoms with Crippen LogP contribution in [0.2, 0.25) is 0 Å². The second-order valence-electron chi connectivity index (χ2n) is 4.43. The second-order valence-corrected chi connectivity index (χ2v) is 4.43. The van der Waals surface area contributed by atoms with Gasteiger partial charge in [-0.05, 0) is 33.6 Å². The largest absolute Gasteiger partial charge is 0.372 e. The first-order valence-electron chi connectivity index (χ1n) is 5.04. The van der Waals surface area contributed by atoms with Crippen molar-refractivity contribution in [2.75, 3.05) is 6.61 Å². The third-order valence-electron chi connectivity index (χ3n) is 2.71. The maximum Gasteiger partial charge on any atom is 0.163 e. The smallest absolute Gasteiger partial charge is 0.163 e. The van der Waals surface area contributed by atoms with Crippen LogP contribution in [0.15, 0.2) is 0 Å². The van der Waals surface area contributed by atoms with E-state index in [0.29, 0.717) is 12.7 Å². The third kappa shape index (κ3) is 2.03. The first kappa shape index (κ1) is 9.44. The van der Waals surface area contributed by atoms with Gasteiger partial charge in [-0.1, -0.05) is 0 Å². The molecule has 0 saturated carbocycles. The van der Waals surface area contributed by atoms with E-state index in [1.54, 1.807) is 0 Å². The second kappa shape index (κ2) is 3.23. The highest BCUT2D eigenvalue weighted by Crippen LogP contribution is 2.31. The van der Waals surface area contributed by atoms with Gasteiger partial charge in [0.15, 0.2) is 5.79 Å². The molecule has 0 bridgehead atoms. The Bertz CT molecular complexity index is 191. The van der Waals surface area contributed by atoms with E-state index in [1.807, 2.05) is 13.8 Å². The molecule has 13 heavy (non-hydrogen) atoms. The molecule has 2 aliphatic rings. The van der Waals surface area contributed by atoms with Gasteiger partial charge in [0.1, 0.15) is 6.10 Å². The van der Waals surface area contributed by atoms with E-state index < -0.39 is 5.79 Å². The van der Waals surface area contributed by atoms with Crippen LogP contribution in [0.4, 0.5) is 0 Å². The molecule has 0 aromatic heterocycles. The highest BCUT2D eigenvalue weighted by Gasteiger charge is 2.40.